The van der Waals surface area contributed by atoms with Gasteiger partial charge in [-0.05, 0) is 68.2 Å². The fraction of sp³-hybridized carbons (Fsp3) is 0.652. The predicted molar refractivity (Wildman–Crippen MR) is 111 cm³/mol. The molecule has 1 aromatic carbocycles. The van der Waals surface area contributed by atoms with Crippen molar-refractivity contribution in [2.24, 2.45) is 0 Å². The molecule has 0 fully saturated rings. The van der Waals surface area contributed by atoms with Crippen molar-refractivity contribution < 1.29 is 0 Å². The van der Waals surface area contributed by atoms with Gasteiger partial charge in [0.15, 0.2) is 0 Å². The minimum absolute atomic E-state index is 1.12. The summed E-state index contributed by atoms with van der Waals surface area (Å²) < 4.78 is 0. The quantitative estimate of drug-likeness (QED) is 0.386. The van der Waals surface area contributed by atoms with Crippen molar-refractivity contribution >= 4 is 11.4 Å². The van der Waals surface area contributed by atoms with Gasteiger partial charge in [0.25, 0.3) is 0 Å². The Balaban J connectivity index is 1.36. The fourth-order valence-electron chi connectivity index (χ4n) is 4.44. The molecule has 0 aliphatic carbocycles. The van der Waals surface area contributed by atoms with E-state index in [4.69, 9.17) is 0 Å². The van der Waals surface area contributed by atoms with E-state index in [-0.39, 0.29) is 0 Å². The third-order valence-electron chi connectivity index (χ3n) is 5.75. The van der Waals surface area contributed by atoms with Crippen molar-refractivity contribution in [3.05, 3.63) is 35.9 Å². The summed E-state index contributed by atoms with van der Waals surface area (Å²) in [5, 5.41) is 3.70. The lowest BCUT2D eigenvalue weighted by Crippen LogP contribution is -2.34. The molecule has 1 N–H and O–H groups in total. The van der Waals surface area contributed by atoms with Crippen LogP contribution in [0, 0.1) is 0 Å². The second-order valence-corrected chi connectivity index (χ2v) is 7.82. The van der Waals surface area contributed by atoms with Crippen LogP contribution in [0.4, 0.5) is 11.4 Å². The lowest BCUT2D eigenvalue weighted by atomic mass is 9.91. The molecule has 2 nitrogen and oxygen atoms in total. The third-order valence-corrected chi connectivity index (χ3v) is 5.75. The Bertz CT molecular complexity index is 518. The molecule has 2 heterocycles. The van der Waals surface area contributed by atoms with Gasteiger partial charge in [0, 0.05) is 31.0 Å². The zero-order chi connectivity index (χ0) is 17.3. The first-order valence-corrected chi connectivity index (χ1v) is 10.6. The lowest BCUT2D eigenvalue weighted by Gasteiger charge is -2.37. The maximum absolute atomic E-state index is 3.79. The van der Waals surface area contributed by atoms with Gasteiger partial charge in [-0.25, -0.2) is 0 Å². The number of nitrogens with zero attached hydrogens (tertiary/aromatic N) is 1. The molecule has 0 amide bonds. The summed E-state index contributed by atoms with van der Waals surface area (Å²) in [6.07, 6.45) is 17.9. The molecule has 25 heavy (non-hydrogen) atoms. The number of aryl methyl sites for hydroxylation is 2. The highest BCUT2D eigenvalue weighted by atomic mass is 15.1. The second kappa shape index (κ2) is 9.89. The van der Waals surface area contributed by atoms with E-state index in [1.165, 1.54) is 95.8 Å². The van der Waals surface area contributed by atoms with Crippen LogP contribution in [-0.2, 0) is 12.8 Å². The smallest absolute Gasteiger partial charge is 0.0432 e. The van der Waals surface area contributed by atoms with Crippen molar-refractivity contribution in [2.75, 3.05) is 29.9 Å². The van der Waals surface area contributed by atoms with Crippen molar-refractivity contribution in [3.8, 4) is 0 Å². The molecular weight excluding hydrogens is 304 g/mol. The van der Waals surface area contributed by atoms with Crippen LogP contribution in [0.1, 0.15) is 75.3 Å². The number of allylic oxidation sites excluding steroid dienone is 1. The Labute approximate surface area is 154 Å². The standard InChI is InChI=1S/C23H36N2/c1-2-3-4-5-6-7-8-9-10-15-24-22-18-20-13-11-16-25-17-12-14-21(19-22)23(20)25/h2,18-19,24H,1,3-17H2. The largest absolute Gasteiger partial charge is 0.385 e. The Morgan fingerprint density at radius 2 is 1.48 bits per heavy atom. The molecule has 1 aromatic rings. The Hall–Kier alpha value is -1.44. The lowest BCUT2D eigenvalue weighted by molar-refractivity contribution is 0.587. The molecule has 0 bridgehead atoms. The number of benzene rings is 1. The van der Waals surface area contributed by atoms with Gasteiger partial charge in [-0.15, -0.1) is 6.58 Å². The van der Waals surface area contributed by atoms with Crippen LogP contribution in [0.25, 0.3) is 0 Å². The molecule has 2 heteroatoms. The van der Waals surface area contributed by atoms with Gasteiger partial charge in [0.05, 0.1) is 0 Å². The second-order valence-electron chi connectivity index (χ2n) is 7.82. The Morgan fingerprint density at radius 1 is 0.880 bits per heavy atom. The van der Waals surface area contributed by atoms with Crippen LogP contribution in [0.2, 0.25) is 0 Å². The van der Waals surface area contributed by atoms with Crippen molar-refractivity contribution in [1.29, 1.82) is 0 Å². The molecule has 138 valence electrons. The summed E-state index contributed by atoms with van der Waals surface area (Å²) in [6, 6.07) is 4.85. The molecule has 0 unspecified atom stereocenters. The van der Waals surface area contributed by atoms with Gasteiger partial charge in [-0.3, -0.25) is 0 Å². The predicted octanol–water partition coefficient (Wildman–Crippen LogP) is 6.10. The van der Waals surface area contributed by atoms with Gasteiger partial charge in [-0.1, -0.05) is 38.2 Å². The molecule has 0 atom stereocenters. The number of hydrogen-bond donors (Lipinski definition) is 1. The van der Waals surface area contributed by atoms with Crippen molar-refractivity contribution in [1.82, 2.24) is 0 Å². The summed E-state index contributed by atoms with van der Waals surface area (Å²) in [4.78, 5) is 2.62. The molecule has 0 saturated heterocycles. The molecule has 0 saturated carbocycles. The topological polar surface area (TPSA) is 15.3 Å². The number of nitrogens with one attached hydrogen (secondary N) is 1. The van der Waals surface area contributed by atoms with Crippen LogP contribution < -0.4 is 10.2 Å². The van der Waals surface area contributed by atoms with Crippen molar-refractivity contribution in [3.63, 3.8) is 0 Å². The molecule has 2 aliphatic rings. The van der Waals surface area contributed by atoms with E-state index in [9.17, 15) is 0 Å². The van der Waals surface area contributed by atoms with Crippen LogP contribution in [0.3, 0.4) is 0 Å². The summed E-state index contributed by atoms with van der Waals surface area (Å²) in [6.45, 7) is 7.44. The maximum Gasteiger partial charge on any atom is 0.0432 e. The average molecular weight is 341 g/mol. The van der Waals surface area contributed by atoms with Gasteiger partial charge in [0.2, 0.25) is 0 Å². The van der Waals surface area contributed by atoms with E-state index in [0.29, 0.717) is 0 Å². The number of unbranched alkanes of at least 4 members (excludes halogenated alkanes) is 7. The van der Waals surface area contributed by atoms with E-state index in [1.807, 2.05) is 6.08 Å². The highest BCUT2D eigenvalue weighted by molar-refractivity contribution is 5.68. The maximum atomic E-state index is 3.79. The summed E-state index contributed by atoms with van der Waals surface area (Å²) in [7, 11) is 0. The monoisotopic (exact) mass is 340 g/mol. The highest BCUT2D eigenvalue weighted by Gasteiger charge is 2.23. The Kier molecular flexibility index (Phi) is 7.26. The summed E-state index contributed by atoms with van der Waals surface area (Å²) in [5.41, 5.74) is 6.12. The number of anilines is 2. The fourth-order valence-corrected chi connectivity index (χ4v) is 4.44. The van der Waals surface area contributed by atoms with Crippen LogP contribution in [0.15, 0.2) is 24.8 Å². The summed E-state index contributed by atoms with van der Waals surface area (Å²) in [5.74, 6) is 0. The van der Waals surface area contributed by atoms with E-state index in [1.54, 1.807) is 16.8 Å². The van der Waals surface area contributed by atoms with E-state index in [2.05, 4.69) is 28.9 Å². The Morgan fingerprint density at radius 3 is 2.12 bits per heavy atom. The first-order chi connectivity index (χ1) is 12.4. The molecular formula is C23H36N2. The first kappa shape index (κ1) is 18.4. The molecule has 0 spiro atoms. The molecule has 2 aliphatic heterocycles. The molecule has 0 radical (unpaired) electrons. The van der Waals surface area contributed by atoms with E-state index >= 15 is 0 Å². The first-order valence-electron chi connectivity index (χ1n) is 10.6. The number of hydrogen-bond acceptors (Lipinski definition) is 2. The summed E-state index contributed by atoms with van der Waals surface area (Å²) >= 11 is 0. The highest BCUT2D eigenvalue weighted by Crippen LogP contribution is 2.37. The SMILES string of the molecule is C=CCCCCCCCCCNc1cc2c3c(c1)CCCN3CCC2. The van der Waals surface area contributed by atoms with Gasteiger partial charge < -0.3 is 10.2 Å². The third kappa shape index (κ3) is 5.26. The van der Waals surface area contributed by atoms with Crippen LogP contribution in [-0.4, -0.2) is 19.6 Å². The van der Waals surface area contributed by atoms with Gasteiger partial charge >= 0.3 is 0 Å². The van der Waals surface area contributed by atoms with Crippen molar-refractivity contribution in [2.45, 2.75) is 77.0 Å². The minimum Gasteiger partial charge on any atom is -0.385 e. The minimum atomic E-state index is 1.12. The van der Waals surface area contributed by atoms with E-state index in [0.717, 1.165) is 6.54 Å². The van der Waals surface area contributed by atoms with Gasteiger partial charge in [-0.2, -0.15) is 0 Å². The normalized spacial score (nSPS) is 15.8. The zero-order valence-corrected chi connectivity index (χ0v) is 16.0. The molecule has 3 rings (SSSR count). The van der Waals surface area contributed by atoms with Crippen LogP contribution >= 0.6 is 0 Å². The van der Waals surface area contributed by atoms with Crippen LogP contribution in [0.5, 0.6) is 0 Å². The van der Waals surface area contributed by atoms with E-state index < -0.39 is 0 Å². The van der Waals surface area contributed by atoms with Gasteiger partial charge in [0.1, 0.15) is 0 Å². The molecule has 0 aromatic heterocycles. The average Bonchev–Trinajstić information content (AvgIpc) is 2.64. The zero-order valence-electron chi connectivity index (χ0n) is 16.0. The number of rotatable bonds is 11.